The lowest BCUT2D eigenvalue weighted by molar-refractivity contribution is 0.102. The summed E-state index contributed by atoms with van der Waals surface area (Å²) in [6, 6.07) is 7.43. The second-order valence-electron chi connectivity index (χ2n) is 8.22. The van der Waals surface area contributed by atoms with E-state index in [1.807, 2.05) is 30.3 Å². The van der Waals surface area contributed by atoms with Gasteiger partial charge in [-0.05, 0) is 73.8 Å². The van der Waals surface area contributed by atoms with Crippen molar-refractivity contribution in [3.8, 4) is 0 Å². The van der Waals surface area contributed by atoms with E-state index in [2.05, 4.69) is 24.2 Å². The number of ketones is 1. The normalized spacial score (nSPS) is 18.2. The van der Waals surface area contributed by atoms with Crippen LogP contribution in [0.3, 0.4) is 0 Å². The summed E-state index contributed by atoms with van der Waals surface area (Å²) in [4.78, 5) is 18.3. The largest absolute Gasteiger partial charge is 0.289 e. The van der Waals surface area contributed by atoms with Gasteiger partial charge in [0.15, 0.2) is 5.78 Å². The molecule has 0 amide bonds. The van der Waals surface area contributed by atoms with Gasteiger partial charge in [-0.1, -0.05) is 66.6 Å². The van der Waals surface area contributed by atoms with Crippen LogP contribution in [0.4, 0.5) is 0 Å². The summed E-state index contributed by atoms with van der Waals surface area (Å²) in [5.74, 6) is 1.44. The van der Waals surface area contributed by atoms with Gasteiger partial charge < -0.3 is 0 Å². The summed E-state index contributed by atoms with van der Waals surface area (Å²) in [6.45, 7) is 7.81. The van der Waals surface area contributed by atoms with E-state index in [4.69, 9.17) is 23.2 Å². The fourth-order valence-corrected chi connectivity index (χ4v) is 5.56. The molecule has 1 unspecified atom stereocenters. The number of hydrogen-bond donors (Lipinski definition) is 0. The predicted molar refractivity (Wildman–Crippen MR) is 138 cm³/mol. The van der Waals surface area contributed by atoms with Crippen molar-refractivity contribution in [1.29, 1.82) is 0 Å². The van der Waals surface area contributed by atoms with E-state index in [0.717, 1.165) is 66.6 Å². The summed E-state index contributed by atoms with van der Waals surface area (Å²) in [5, 5.41) is 1.27. The number of halogens is 2. The molecule has 3 rings (SSSR count). The lowest BCUT2D eigenvalue weighted by atomic mass is 9.86. The van der Waals surface area contributed by atoms with Crippen molar-refractivity contribution in [2.24, 2.45) is 5.92 Å². The van der Waals surface area contributed by atoms with Crippen molar-refractivity contribution >= 4 is 40.7 Å². The molecule has 0 radical (unpaired) electrons. The number of thioether (sulfide) groups is 1. The van der Waals surface area contributed by atoms with Crippen LogP contribution in [0.2, 0.25) is 10.0 Å². The van der Waals surface area contributed by atoms with Gasteiger partial charge in [0, 0.05) is 28.6 Å². The summed E-state index contributed by atoms with van der Waals surface area (Å²) in [6.07, 6.45) is 14.7. The second kappa shape index (κ2) is 12.4. The van der Waals surface area contributed by atoms with Gasteiger partial charge in [-0.15, -0.1) is 11.8 Å². The maximum Gasteiger partial charge on any atom is 0.190 e. The van der Waals surface area contributed by atoms with Crippen LogP contribution in [0.15, 0.2) is 78.0 Å². The molecule has 0 N–H and O–H groups in total. The molecule has 0 aliphatic heterocycles. The van der Waals surface area contributed by atoms with Crippen molar-refractivity contribution in [2.75, 3.05) is 0 Å². The summed E-state index contributed by atoms with van der Waals surface area (Å²) in [5.41, 5.74) is 3.66. The average molecular weight is 487 g/mol. The number of rotatable bonds is 9. The number of hydrogen-bond acceptors (Lipinski definition) is 3. The van der Waals surface area contributed by atoms with Gasteiger partial charge in [-0.3, -0.25) is 9.78 Å². The van der Waals surface area contributed by atoms with Crippen molar-refractivity contribution in [1.82, 2.24) is 4.98 Å². The molecule has 2 nitrogen and oxygen atoms in total. The number of carbonyl (C=O) groups is 1. The molecule has 1 heterocycles. The third-order valence-corrected chi connectivity index (χ3v) is 7.90. The third-order valence-electron chi connectivity index (χ3n) is 5.84. The zero-order valence-corrected chi connectivity index (χ0v) is 20.6. The van der Waals surface area contributed by atoms with Gasteiger partial charge in [0.05, 0.1) is 10.0 Å². The van der Waals surface area contributed by atoms with E-state index in [0.29, 0.717) is 27.3 Å². The Morgan fingerprint density at radius 1 is 1.22 bits per heavy atom. The standard InChI is InChI=1S/C27H29Cl2NOS/c1-3-19(2)13-14-20-7-4-9-22(10-5-8-20)26(31)23-15-21(16-30-17-23)18-32-27-24(28)11-6-12-25(27)29/h3,6,9,11-12,15-17,20H,1-2,4-5,7-8,10,13-14,18H2/b22-9-. The molecule has 2 aromatic rings. The van der Waals surface area contributed by atoms with Gasteiger partial charge >= 0.3 is 0 Å². The van der Waals surface area contributed by atoms with Crippen LogP contribution in [-0.2, 0) is 5.75 Å². The highest BCUT2D eigenvalue weighted by Crippen LogP contribution is 2.36. The number of pyridine rings is 1. The minimum atomic E-state index is 0.0959. The Bertz CT molecular complexity index is 994. The molecule has 0 saturated heterocycles. The zero-order valence-electron chi connectivity index (χ0n) is 18.3. The van der Waals surface area contributed by atoms with Crippen LogP contribution in [0.1, 0.15) is 60.9 Å². The van der Waals surface area contributed by atoms with Crippen molar-refractivity contribution in [3.63, 3.8) is 0 Å². The molecule has 168 valence electrons. The van der Waals surface area contributed by atoms with E-state index >= 15 is 0 Å². The van der Waals surface area contributed by atoms with Gasteiger partial charge in [0.2, 0.25) is 0 Å². The predicted octanol–water partition coefficient (Wildman–Crippen LogP) is 8.89. The fourth-order valence-electron chi connectivity index (χ4n) is 3.96. The van der Waals surface area contributed by atoms with Crippen LogP contribution >= 0.6 is 35.0 Å². The highest BCUT2D eigenvalue weighted by atomic mass is 35.5. The molecule has 0 fully saturated rings. The molecule has 1 aliphatic rings. The van der Waals surface area contributed by atoms with E-state index in [-0.39, 0.29) is 5.78 Å². The maximum absolute atomic E-state index is 13.2. The molecule has 32 heavy (non-hydrogen) atoms. The summed E-state index contributed by atoms with van der Waals surface area (Å²) >= 11 is 14.1. The summed E-state index contributed by atoms with van der Waals surface area (Å²) in [7, 11) is 0. The average Bonchev–Trinajstić information content (AvgIpc) is 2.77. The molecular formula is C27H29Cl2NOS. The number of aromatic nitrogens is 1. The van der Waals surface area contributed by atoms with Crippen molar-refractivity contribution in [3.05, 3.63) is 94.3 Å². The summed E-state index contributed by atoms with van der Waals surface area (Å²) < 4.78 is 0. The number of carbonyl (C=O) groups excluding carboxylic acids is 1. The fraction of sp³-hybridized carbons (Fsp3) is 0.333. The van der Waals surface area contributed by atoms with Crippen molar-refractivity contribution in [2.45, 2.75) is 55.6 Å². The van der Waals surface area contributed by atoms with Gasteiger partial charge in [-0.25, -0.2) is 0 Å². The number of Topliss-reactive ketones (excluding diaryl/α,β-unsaturated/α-hetero) is 1. The van der Waals surface area contributed by atoms with E-state index < -0.39 is 0 Å². The van der Waals surface area contributed by atoms with Crippen LogP contribution in [0.5, 0.6) is 0 Å². The maximum atomic E-state index is 13.2. The molecule has 1 atom stereocenters. The SMILES string of the molecule is C=CC(=C)CCC1CC/C=C(\C(=O)c2cncc(CSc3c(Cl)cccc3Cl)c2)CCC1. The Hall–Kier alpha value is -1.81. The van der Waals surface area contributed by atoms with Gasteiger partial charge in [-0.2, -0.15) is 0 Å². The molecule has 5 heteroatoms. The Balaban J connectivity index is 1.61. The van der Waals surface area contributed by atoms with Crippen LogP contribution in [0, 0.1) is 5.92 Å². The lowest BCUT2D eigenvalue weighted by Gasteiger charge is -2.19. The minimum Gasteiger partial charge on any atom is -0.289 e. The lowest BCUT2D eigenvalue weighted by Crippen LogP contribution is -2.09. The molecular weight excluding hydrogens is 457 g/mol. The number of benzene rings is 1. The molecule has 1 aliphatic carbocycles. The first-order valence-corrected chi connectivity index (χ1v) is 12.8. The van der Waals surface area contributed by atoms with Crippen LogP contribution in [-0.4, -0.2) is 10.8 Å². The van der Waals surface area contributed by atoms with E-state index in [1.54, 1.807) is 24.2 Å². The molecule has 1 aromatic carbocycles. The Morgan fingerprint density at radius 3 is 2.75 bits per heavy atom. The molecule has 1 aromatic heterocycles. The molecule has 0 saturated carbocycles. The first kappa shape index (κ1) is 24.8. The van der Waals surface area contributed by atoms with E-state index in [9.17, 15) is 4.79 Å². The van der Waals surface area contributed by atoms with E-state index in [1.165, 1.54) is 0 Å². The highest BCUT2D eigenvalue weighted by molar-refractivity contribution is 7.98. The third kappa shape index (κ3) is 7.10. The Morgan fingerprint density at radius 2 is 2.00 bits per heavy atom. The first-order chi connectivity index (χ1) is 15.5. The topological polar surface area (TPSA) is 30.0 Å². The Kier molecular flexibility index (Phi) is 9.65. The second-order valence-corrected chi connectivity index (χ2v) is 10.0. The first-order valence-electron chi connectivity index (χ1n) is 11.0. The zero-order chi connectivity index (χ0) is 22.9. The minimum absolute atomic E-state index is 0.0959. The number of nitrogens with zero attached hydrogens (tertiary/aromatic N) is 1. The van der Waals surface area contributed by atoms with Crippen LogP contribution < -0.4 is 0 Å². The van der Waals surface area contributed by atoms with Gasteiger partial charge in [0.1, 0.15) is 0 Å². The molecule has 0 spiro atoms. The van der Waals surface area contributed by atoms with Crippen molar-refractivity contribution < 1.29 is 4.79 Å². The monoisotopic (exact) mass is 485 g/mol. The number of allylic oxidation sites excluding steroid dienone is 4. The Labute approximate surface area is 205 Å². The highest BCUT2D eigenvalue weighted by Gasteiger charge is 2.18. The van der Waals surface area contributed by atoms with Gasteiger partial charge in [0.25, 0.3) is 0 Å². The smallest absolute Gasteiger partial charge is 0.190 e. The van der Waals surface area contributed by atoms with Crippen LogP contribution in [0.25, 0.3) is 0 Å². The molecule has 0 bridgehead atoms. The quantitative estimate of drug-likeness (QED) is 0.201.